The van der Waals surface area contributed by atoms with Crippen LogP contribution in [-0.2, 0) is 14.3 Å². The number of benzene rings is 1. The molecule has 0 atom stereocenters. The second kappa shape index (κ2) is 9.44. The van der Waals surface area contributed by atoms with Crippen molar-refractivity contribution in [1.29, 1.82) is 0 Å². The molecule has 0 radical (unpaired) electrons. The monoisotopic (exact) mass is 427 g/mol. The number of ether oxygens (including phenoxy) is 1. The summed E-state index contributed by atoms with van der Waals surface area (Å²) < 4.78 is 5.07. The van der Waals surface area contributed by atoms with Crippen molar-refractivity contribution in [2.45, 2.75) is 6.42 Å². The fourth-order valence-corrected chi connectivity index (χ4v) is 3.86. The first-order valence-corrected chi connectivity index (χ1v) is 9.84. The highest BCUT2D eigenvalue weighted by Gasteiger charge is 2.32. The third-order valence-corrected chi connectivity index (χ3v) is 5.39. The molecule has 7 nitrogen and oxygen atoms in total. The number of amides is 2. The molecule has 1 aromatic heterocycles. The van der Waals surface area contributed by atoms with E-state index in [0.717, 1.165) is 5.56 Å². The predicted octanol–water partition coefficient (Wildman–Crippen LogP) is 3.10. The Labute approximate surface area is 177 Å². The van der Waals surface area contributed by atoms with Crippen LogP contribution in [0.4, 0.5) is 5.69 Å². The maximum atomic E-state index is 12.6. The van der Waals surface area contributed by atoms with E-state index in [2.05, 4.69) is 15.0 Å². The van der Waals surface area contributed by atoms with Gasteiger partial charge in [-0.15, -0.1) is 0 Å². The van der Waals surface area contributed by atoms with E-state index in [0.29, 0.717) is 20.5 Å². The lowest BCUT2D eigenvalue weighted by Gasteiger charge is -2.14. The van der Waals surface area contributed by atoms with Gasteiger partial charge in [0, 0.05) is 19.2 Å². The number of esters is 1. The minimum atomic E-state index is -0.424. The Kier molecular flexibility index (Phi) is 6.73. The highest BCUT2D eigenvalue weighted by Crippen LogP contribution is 2.32. The molecule has 0 spiro atoms. The van der Waals surface area contributed by atoms with E-state index in [1.54, 1.807) is 54.9 Å². The standard InChI is InChI=1S/C20H17N3O4S2/c1-27-19(26)14-6-4-13(5-7-14)11-16-18(25)23(20(28)29-16)10-8-17(24)22-15-3-2-9-21-12-15/h2-7,9,11-12H,8,10H2,1H3,(H,22,24). The second-order valence-corrected chi connectivity index (χ2v) is 7.66. The molecular weight excluding hydrogens is 410 g/mol. The first-order chi connectivity index (χ1) is 14.0. The Hall–Kier alpha value is -3.04. The summed E-state index contributed by atoms with van der Waals surface area (Å²) in [6, 6.07) is 10.2. The summed E-state index contributed by atoms with van der Waals surface area (Å²) in [5, 5.41) is 2.72. The Morgan fingerprint density at radius 3 is 2.69 bits per heavy atom. The molecule has 1 N–H and O–H groups in total. The molecule has 1 fully saturated rings. The number of carbonyl (C=O) groups is 3. The maximum absolute atomic E-state index is 12.6. The summed E-state index contributed by atoms with van der Waals surface area (Å²) in [7, 11) is 1.32. The normalized spacial score (nSPS) is 14.9. The van der Waals surface area contributed by atoms with Gasteiger partial charge < -0.3 is 10.1 Å². The number of thiocarbonyl (C=S) groups is 1. The number of thioether (sulfide) groups is 1. The topological polar surface area (TPSA) is 88.6 Å². The van der Waals surface area contributed by atoms with Gasteiger partial charge in [-0.25, -0.2) is 4.79 Å². The zero-order valence-corrected chi connectivity index (χ0v) is 17.1. The molecule has 0 unspecified atom stereocenters. The summed E-state index contributed by atoms with van der Waals surface area (Å²) in [6.07, 6.45) is 4.98. The molecule has 2 amide bonds. The third-order valence-electron chi connectivity index (χ3n) is 4.01. The fraction of sp³-hybridized carbons (Fsp3) is 0.150. The molecule has 29 heavy (non-hydrogen) atoms. The molecule has 148 valence electrons. The van der Waals surface area contributed by atoms with Gasteiger partial charge in [0.05, 0.1) is 29.5 Å². The van der Waals surface area contributed by atoms with Crippen molar-refractivity contribution in [3.05, 3.63) is 64.8 Å². The number of hydrogen-bond donors (Lipinski definition) is 1. The number of anilines is 1. The Morgan fingerprint density at radius 2 is 2.03 bits per heavy atom. The molecule has 0 saturated carbocycles. The molecule has 1 aliphatic rings. The fourth-order valence-electron chi connectivity index (χ4n) is 2.55. The first-order valence-electron chi connectivity index (χ1n) is 8.61. The molecule has 1 aromatic carbocycles. The maximum Gasteiger partial charge on any atom is 0.337 e. The molecule has 1 aliphatic heterocycles. The van der Waals surface area contributed by atoms with Crippen molar-refractivity contribution < 1.29 is 19.1 Å². The number of aromatic nitrogens is 1. The summed E-state index contributed by atoms with van der Waals surface area (Å²) in [5.41, 5.74) is 1.78. The summed E-state index contributed by atoms with van der Waals surface area (Å²) >= 11 is 6.47. The Bertz CT molecular complexity index is 975. The Morgan fingerprint density at radius 1 is 1.28 bits per heavy atom. The average Bonchev–Trinajstić information content (AvgIpc) is 2.99. The molecule has 2 heterocycles. The number of pyridine rings is 1. The zero-order valence-electron chi connectivity index (χ0n) is 15.5. The van der Waals surface area contributed by atoms with E-state index in [1.165, 1.54) is 23.8 Å². The SMILES string of the molecule is COC(=O)c1ccc(C=C2SC(=S)N(CCC(=O)Nc3cccnc3)C2=O)cc1. The third kappa shape index (κ3) is 5.27. The van der Waals surface area contributed by atoms with Crippen LogP contribution in [0.15, 0.2) is 53.7 Å². The van der Waals surface area contributed by atoms with Crippen molar-refractivity contribution in [3.63, 3.8) is 0 Å². The molecule has 2 aromatic rings. The van der Waals surface area contributed by atoms with E-state index >= 15 is 0 Å². The number of hydrogen-bond acceptors (Lipinski definition) is 7. The summed E-state index contributed by atoms with van der Waals surface area (Å²) in [4.78, 5) is 42.0. The molecular formula is C20H17N3O4S2. The van der Waals surface area contributed by atoms with Crippen LogP contribution >= 0.6 is 24.0 Å². The molecule has 0 bridgehead atoms. The first kappa shape index (κ1) is 20.7. The lowest BCUT2D eigenvalue weighted by atomic mass is 10.1. The Balaban J connectivity index is 1.61. The van der Waals surface area contributed by atoms with Crippen LogP contribution in [0.2, 0.25) is 0 Å². The van der Waals surface area contributed by atoms with Gasteiger partial charge in [-0.3, -0.25) is 19.5 Å². The number of carbonyl (C=O) groups excluding carboxylic acids is 3. The van der Waals surface area contributed by atoms with E-state index in [4.69, 9.17) is 12.2 Å². The van der Waals surface area contributed by atoms with Crippen molar-refractivity contribution in [2.24, 2.45) is 0 Å². The lowest BCUT2D eigenvalue weighted by Crippen LogP contribution is -2.31. The van der Waals surface area contributed by atoms with Crippen molar-refractivity contribution in [1.82, 2.24) is 9.88 Å². The van der Waals surface area contributed by atoms with Gasteiger partial charge in [0.1, 0.15) is 4.32 Å². The quantitative estimate of drug-likeness (QED) is 0.430. The minimum Gasteiger partial charge on any atom is -0.465 e. The second-order valence-electron chi connectivity index (χ2n) is 5.99. The molecule has 9 heteroatoms. The number of rotatable bonds is 6. The predicted molar refractivity (Wildman–Crippen MR) is 115 cm³/mol. The summed E-state index contributed by atoms with van der Waals surface area (Å²) in [5.74, 6) is -0.895. The summed E-state index contributed by atoms with van der Waals surface area (Å²) in [6.45, 7) is 0.190. The largest absolute Gasteiger partial charge is 0.465 e. The highest BCUT2D eigenvalue weighted by atomic mass is 32.2. The van der Waals surface area contributed by atoms with Crippen LogP contribution in [0.1, 0.15) is 22.3 Å². The van der Waals surface area contributed by atoms with Crippen LogP contribution in [0.3, 0.4) is 0 Å². The number of nitrogens with one attached hydrogen (secondary N) is 1. The minimum absolute atomic E-state index is 0.114. The lowest BCUT2D eigenvalue weighted by molar-refractivity contribution is -0.122. The number of nitrogens with zero attached hydrogens (tertiary/aromatic N) is 2. The number of methoxy groups -OCH3 is 1. The van der Waals surface area contributed by atoms with Gasteiger partial charge in [-0.2, -0.15) is 0 Å². The van der Waals surface area contributed by atoms with Crippen LogP contribution < -0.4 is 5.32 Å². The van der Waals surface area contributed by atoms with Crippen LogP contribution in [0, 0.1) is 0 Å². The molecule has 0 aliphatic carbocycles. The van der Waals surface area contributed by atoms with E-state index < -0.39 is 5.97 Å². The van der Waals surface area contributed by atoms with Gasteiger partial charge >= 0.3 is 5.97 Å². The van der Waals surface area contributed by atoms with Gasteiger partial charge in [-0.1, -0.05) is 36.1 Å². The van der Waals surface area contributed by atoms with Crippen molar-refractivity contribution >= 4 is 57.8 Å². The van der Waals surface area contributed by atoms with Crippen LogP contribution in [-0.4, -0.2) is 45.6 Å². The van der Waals surface area contributed by atoms with Crippen molar-refractivity contribution in [2.75, 3.05) is 19.0 Å². The van der Waals surface area contributed by atoms with Gasteiger partial charge in [0.25, 0.3) is 5.91 Å². The van der Waals surface area contributed by atoms with Crippen molar-refractivity contribution in [3.8, 4) is 0 Å². The average molecular weight is 428 g/mol. The highest BCUT2D eigenvalue weighted by molar-refractivity contribution is 8.26. The van der Waals surface area contributed by atoms with E-state index in [-0.39, 0.29) is 24.8 Å². The van der Waals surface area contributed by atoms with Gasteiger partial charge in [-0.05, 0) is 35.9 Å². The van der Waals surface area contributed by atoms with Gasteiger partial charge in [0.2, 0.25) is 5.91 Å². The molecule has 3 rings (SSSR count). The van der Waals surface area contributed by atoms with Crippen LogP contribution in [0.5, 0.6) is 0 Å². The van der Waals surface area contributed by atoms with Gasteiger partial charge in [0.15, 0.2) is 0 Å². The smallest absolute Gasteiger partial charge is 0.337 e. The van der Waals surface area contributed by atoms with E-state index in [1.807, 2.05) is 0 Å². The van der Waals surface area contributed by atoms with Crippen LogP contribution in [0.25, 0.3) is 6.08 Å². The zero-order chi connectivity index (χ0) is 20.8. The molecule has 1 saturated heterocycles. The van der Waals surface area contributed by atoms with E-state index in [9.17, 15) is 14.4 Å².